The van der Waals surface area contributed by atoms with Gasteiger partial charge in [-0.2, -0.15) is 0 Å². The van der Waals surface area contributed by atoms with Gasteiger partial charge in [0, 0.05) is 13.0 Å². The van der Waals surface area contributed by atoms with Gasteiger partial charge >= 0.3 is 7.82 Å². The van der Waals surface area contributed by atoms with Crippen molar-refractivity contribution in [1.82, 2.24) is 5.32 Å². The van der Waals surface area contributed by atoms with Crippen LogP contribution in [0, 0.1) is 0 Å². The van der Waals surface area contributed by atoms with Crippen molar-refractivity contribution < 1.29 is 28.4 Å². The van der Waals surface area contributed by atoms with Crippen LogP contribution in [0.4, 0.5) is 0 Å². The minimum absolute atomic E-state index is 0.0809. The van der Waals surface area contributed by atoms with Crippen molar-refractivity contribution in [1.29, 1.82) is 0 Å². The molecule has 0 saturated heterocycles. The number of aliphatic hydroxyl groups is 1. The van der Waals surface area contributed by atoms with Crippen molar-refractivity contribution in [2.45, 2.75) is 219 Å². The number of phosphoric acid groups is 1. The summed E-state index contributed by atoms with van der Waals surface area (Å²) in [6, 6.07) is -0.852. The highest BCUT2D eigenvalue weighted by molar-refractivity contribution is 7.47. The average Bonchev–Trinajstić information content (AvgIpc) is 3.09. The van der Waals surface area contributed by atoms with Gasteiger partial charge in [0.05, 0.1) is 25.4 Å². The van der Waals surface area contributed by atoms with Crippen LogP contribution in [-0.4, -0.2) is 47.8 Å². The molecule has 0 aromatic carbocycles. The molecular weight excluding hydrogens is 635 g/mol. The van der Waals surface area contributed by atoms with Crippen molar-refractivity contribution in [2.24, 2.45) is 5.73 Å². The number of unbranched alkanes of at least 4 members (excludes halogenated alkanes) is 27. The summed E-state index contributed by atoms with van der Waals surface area (Å²) in [5.41, 5.74) is 5.35. The fourth-order valence-electron chi connectivity index (χ4n) is 6.19. The summed E-state index contributed by atoms with van der Waals surface area (Å²) in [5, 5.41) is 13.6. The Morgan fingerprint density at radius 3 is 1.45 bits per heavy atom. The molecule has 9 heteroatoms. The first-order valence-electron chi connectivity index (χ1n) is 20.8. The van der Waals surface area contributed by atoms with Crippen molar-refractivity contribution in [3.8, 4) is 0 Å². The lowest BCUT2D eigenvalue weighted by atomic mass is 10.0. The Hall–Kier alpha value is -0.760. The Morgan fingerprint density at radius 1 is 0.653 bits per heavy atom. The molecule has 0 aromatic rings. The van der Waals surface area contributed by atoms with E-state index in [-0.39, 0.29) is 25.7 Å². The minimum atomic E-state index is -4.32. The summed E-state index contributed by atoms with van der Waals surface area (Å²) >= 11 is 0. The van der Waals surface area contributed by atoms with E-state index >= 15 is 0 Å². The number of nitrogens with one attached hydrogen (secondary N) is 1. The number of phosphoric ester groups is 1. The zero-order valence-electron chi connectivity index (χ0n) is 32.2. The molecule has 0 radical (unpaired) electrons. The number of nitrogens with two attached hydrogens (primary N) is 1. The second-order valence-electron chi connectivity index (χ2n) is 14.2. The minimum Gasteiger partial charge on any atom is -0.387 e. The SMILES string of the molecule is CCCCCCCCC/C=C/[C@@H](O)[C@H](COP(=O)(O)OCCN)NC(=O)CCCCCCCCCCCCCCCCCCCCCCC. The van der Waals surface area contributed by atoms with Crippen LogP contribution in [0.25, 0.3) is 0 Å². The highest BCUT2D eigenvalue weighted by atomic mass is 31.2. The predicted molar refractivity (Wildman–Crippen MR) is 208 cm³/mol. The molecule has 0 aliphatic heterocycles. The third-order valence-electron chi connectivity index (χ3n) is 9.36. The van der Waals surface area contributed by atoms with Crippen LogP contribution in [-0.2, 0) is 18.4 Å². The van der Waals surface area contributed by atoms with E-state index in [1.165, 1.54) is 148 Å². The van der Waals surface area contributed by atoms with E-state index in [2.05, 4.69) is 19.2 Å². The van der Waals surface area contributed by atoms with E-state index in [9.17, 15) is 19.4 Å². The third-order valence-corrected chi connectivity index (χ3v) is 10.3. The Bertz CT molecular complexity index is 784. The van der Waals surface area contributed by atoms with Crippen molar-refractivity contribution >= 4 is 13.7 Å². The molecule has 1 amide bonds. The van der Waals surface area contributed by atoms with Crippen LogP contribution < -0.4 is 11.1 Å². The molecule has 0 aliphatic carbocycles. The fourth-order valence-corrected chi connectivity index (χ4v) is 6.95. The number of amides is 1. The van der Waals surface area contributed by atoms with Gasteiger partial charge in [-0.1, -0.05) is 193 Å². The maximum Gasteiger partial charge on any atom is 0.472 e. The Morgan fingerprint density at radius 2 is 1.04 bits per heavy atom. The van der Waals surface area contributed by atoms with E-state index < -0.39 is 20.0 Å². The zero-order valence-corrected chi connectivity index (χ0v) is 33.1. The standard InChI is InChI=1S/C40H81N2O6P/c1-3-5-7-9-11-13-14-15-16-17-18-19-20-21-22-23-24-26-28-30-32-34-40(44)42-38(37-48-49(45,46)47-36-35-41)39(43)33-31-29-27-25-12-10-8-6-4-2/h31,33,38-39,43H,3-30,32,34-37,41H2,1-2H3,(H,42,44)(H,45,46)/b33-31+/t38-,39+/m0/s1. The second kappa shape index (κ2) is 37.0. The maximum atomic E-state index is 12.7. The monoisotopic (exact) mass is 717 g/mol. The summed E-state index contributed by atoms with van der Waals surface area (Å²) in [6.45, 7) is 4.12. The van der Waals surface area contributed by atoms with Crippen molar-refractivity contribution in [3.05, 3.63) is 12.2 Å². The van der Waals surface area contributed by atoms with E-state index in [0.29, 0.717) is 6.42 Å². The van der Waals surface area contributed by atoms with E-state index in [4.69, 9.17) is 14.8 Å². The maximum absolute atomic E-state index is 12.7. The van der Waals surface area contributed by atoms with Crippen LogP contribution in [0.2, 0.25) is 0 Å². The number of carbonyl (C=O) groups is 1. The topological polar surface area (TPSA) is 131 Å². The smallest absolute Gasteiger partial charge is 0.387 e. The van der Waals surface area contributed by atoms with Crippen molar-refractivity contribution in [2.75, 3.05) is 19.8 Å². The fraction of sp³-hybridized carbons (Fsp3) is 0.925. The Kier molecular flexibility index (Phi) is 36.4. The molecule has 5 N–H and O–H groups in total. The van der Waals surface area contributed by atoms with Crippen LogP contribution in [0.3, 0.4) is 0 Å². The average molecular weight is 717 g/mol. The number of carbonyl (C=O) groups excluding carboxylic acids is 1. The van der Waals surface area contributed by atoms with Gasteiger partial charge in [0.2, 0.25) is 5.91 Å². The first-order chi connectivity index (χ1) is 23.9. The number of aliphatic hydroxyl groups excluding tert-OH is 1. The number of hydrogen-bond donors (Lipinski definition) is 4. The number of rotatable bonds is 39. The van der Waals surface area contributed by atoms with Crippen LogP contribution in [0.15, 0.2) is 12.2 Å². The molecule has 0 saturated carbocycles. The van der Waals surface area contributed by atoms with Gasteiger partial charge < -0.3 is 21.1 Å². The van der Waals surface area contributed by atoms with Crippen LogP contribution in [0.1, 0.15) is 206 Å². The largest absolute Gasteiger partial charge is 0.472 e. The number of hydrogen-bond acceptors (Lipinski definition) is 6. The van der Waals surface area contributed by atoms with Gasteiger partial charge in [0.15, 0.2) is 0 Å². The van der Waals surface area contributed by atoms with Crippen molar-refractivity contribution in [3.63, 3.8) is 0 Å². The predicted octanol–water partition coefficient (Wildman–Crippen LogP) is 11.2. The van der Waals surface area contributed by atoms with E-state index in [0.717, 1.165) is 38.5 Å². The first-order valence-corrected chi connectivity index (χ1v) is 22.3. The highest BCUT2D eigenvalue weighted by Crippen LogP contribution is 2.43. The van der Waals surface area contributed by atoms with Gasteiger partial charge in [0.1, 0.15) is 0 Å². The van der Waals surface area contributed by atoms with Gasteiger partial charge in [-0.15, -0.1) is 0 Å². The lowest BCUT2D eigenvalue weighted by Crippen LogP contribution is -2.45. The molecule has 1 unspecified atom stereocenters. The molecule has 0 rings (SSSR count). The Labute approximate surface area is 303 Å². The van der Waals surface area contributed by atoms with E-state index in [1.807, 2.05) is 6.08 Å². The summed E-state index contributed by atoms with van der Waals surface area (Å²) < 4.78 is 22.0. The molecular formula is C40H81N2O6P. The quantitative estimate of drug-likeness (QED) is 0.0283. The highest BCUT2D eigenvalue weighted by Gasteiger charge is 2.26. The molecule has 292 valence electrons. The summed E-state index contributed by atoms with van der Waals surface area (Å²) in [7, 11) is -4.32. The molecule has 0 heterocycles. The lowest BCUT2D eigenvalue weighted by molar-refractivity contribution is -0.123. The molecule has 0 bridgehead atoms. The van der Waals surface area contributed by atoms with E-state index in [1.54, 1.807) is 6.08 Å². The van der Waals surface area contributed by atoms with Gasteiger partial charge in [0.25, 0.3) is 0 Å². The normalized spacial score (nSPS) is 14.3. The number of allylic oxidation sites excluding steroid dienone is 1. The zero-order chi connectivity index (χ0) is 36.1. The van der Waals surface area contributed by atoms with Crippen LogP contribution >= 0.6 is 7.82 Å². The van der Waals surface area contributed by atoms with Gasteiger partial charge in [-0.25, -0.2) is 4.57 Å². The summed E-state index contributed by atoms with van der Waals surface area (Å²) in [4.78, 5) is 22.6. The van der Waals surface area contributed by atoms with Gasteiger partial charge in [-0.05, 0) is 19.3 Å². The van der Waals surface area contributed by atoms with Gasteiger partial charge in [-0.3, -0.25) is 13.8 Å². The Balaban J connectivity index is 4.04. The van der Waals surface area contributed by atoms with Crippen LogP contribution in [0.5, 0.6) is 0 Å². The lowest BCUT2D eigenvalue weighted by Gasteiger charge is -2.23. The molecule has 0 spiro atoms. The first kappa shape index (κ1) is 48.2. The second-order valence-corrected chi connectivity index (χ2v) is 15.7. The molecule has 0 aromatic heterocycles. The molecule has 0 aliphatic rings. The molecule has 8 nitrogen and oxygen atoms in total. The molecule has 3 atom stereocenters. The molecule has 0 fully saturated rings. The molecule has 49 heavy (non-hydrogen) atoms. The third kappa shape index (κ3) is 35.4. The summed E-state index contributed by atoms with van der Waals surface area (Å²) in [6.07, 6.45) is 39.9. The summed E-state index contributed by atoms with van der Waals surface area (Å²) in [5.74, 6) is -0.193.